The predicted molar refractivity (Wildman–Crippen MR) is 227 cm³/mol. The Morgan fingerprint density at radius 1 is 0.742 bits per heavy atom. The maximum absolute atomic E-state index is 12.0. The minimum Gasteiger partial charge on any atom is -0.463 e. The smallest absolute Gasteiger partial charge is 0.303 e. The van der Waals surface area contributed by atoms with Crippen molar-refractivity contribution in [2.24, 2.45) is 46.3 Å². The molecule has 18 nitrogen and oxygen atoms in total. The highest BCUT2D eigenvalue weighted by molar-refractivity contribution is 5.66. The molecule has 4 aliphatic carbocycles. The standard InChI is InChI=1S/C48H74O18/c1-21-10-15-48(59-18-21)22(2)34-31(66-48)17-30-28-9-8-26-16-27(11-13-46(26,6)29(28)12-14-47(30,34)7)62-45-42(65-43-40(56)38(54)35(51)23(3)60-43)39(55)36(52)32(64-45)20-58-44-41(61-25(5)50)37(53)33(63-44)19-57-24(4)49/h8,21-23,27-45,51-56H,9-20H2,1-7H3/t21-,22+,23+,27+,28-,29+,30+,31+,32-,33+,34+,35+,36-,37+,38-,39+,40-,41-,42-,43+,44-,45-,46+,47+,48-/m1/s1. The van der Waals surface area contributed by atoms with Gasteiger partial charge >= 0.3 is 11.9 Å². The van der Waals surface area contributed by atoms with Crippen LogP contribution in [0.1, 0.15) is 106 Å². The van der Waals surface area contributed by atoms with Crippen molar-refractivity contribution in [1.29, 1.82) is 0 Å². The van der Waals surface area contributed by atoms with Crippen LogP contribution < -0.4 is 0 Å². The third-order valence-electron chi connectivity index (χ3n) is 17.9. The number of fused-ring (bicyclic) bond motifs is 7. The first kappa shape index (κ1) is 49.1. The number of carbonyl (C=O) groups is 2. The van der Waals surface area contributed by atoms with E-state index in [-0.39, 0.29) is 23.5 Å². The zero-order chi connectivity index (χ0) is 47.2. The topological polar surface area (TPSA) is 248 Å². The van der Waals surface area contributed by atoms with Crippen molar-refractivity contribution in [2.45, 2.75) is 210 Å². The van der Waals surface area contributed by atoms with Gasteiger partial charge in [-0.25, -0.2) is 0 Å². The second kappa shape index (κ2) is 18.7. The van der Waals surface area contributed by atoms with Gasteiger partial charge in [0, 0.05) is 26.2 Å². The summed E-state index contributed by atoms with van der Waals surface area (Å²) in [6.45, 7) is 13.4. The largest absolute Gasteiger partial charge is 0.463 e. The molecule has 9 aliphatic rings. The minimum atomic E-state index is -1.71. The summed E-state index contributed by atoms with van der Waals surface area (Å²) in [4.78, 5) is 23.5. The van der Waals surface area contributed by atoms with Gasteiger partial charge in [-0.05, 0) is 98.7 Å². The van der Waals surface area contributed by atoms with Gasteiger partial charge in [0.1, 0.15) is 61.5 Å². The van der Waals surface area contributed by atoms with Crippen molar-refractivity contribution in [3.8, 4) is 0 Å². The molecule has 66 heavy (non-hydrogen) atoms. The molecule has 5 heterocycles. The van der Waals surface area contributed by atoms with Gasteiger partial charge in [-0.2, -0.15) is 0 Å². The fraction of sp³-hybridized carbons (Fsp3) is 0.917. The summed E-state index contributed by atoms with van der Waals surface area (Å²) in [5.41, 5.74) is 1.47. The van der Waals surface area contributed by atoms with Crippen molar-refractivity contribution in [3.05, 3.63) is 11.6 Å². The number of aliphatic hydroxyl groups excluding tert-OH is 6. The van der Waals surface area contributed by atoms with E-state index in [1.807, 2.05) is 0 Å². The van der Waals surface area contributed by atoms with Gasteiger partial charge in [-0.3, -0.25) is 9.59 Å². The molecular weight excluding hydrogens is 865 g/mol. The molecule has 0 unspecified atom stereocenters. The van der Waals surface area contributed by atoms with E-state index < -0.39 is 116 Å². The molecule has 6 N–H and O–H groups in total. The van der Waals surface area contributed by atoms with Crippen molar-refractivity contribution < 1.29 is 87.6 Å². The summed E-state index contributed by atoms with van der Waals surface area (Å²) < 4.78 is 60.6. The molecule has 0 aromatic rings. The van der Waals surface area contributed by atoms with Crippen LogP contribution >= 0.6 is 0 Å². The van der Waals surface area contributed by atoms with Crippen LogP contribution in [0.25, 0.3) is 0 Å². The number of esters is 2. The van der Waals surface area contributed by atoms with Crippen LogP contribution in [0.4, 0.5) is 0 Å². The van der Waals surface area contributed by atoms with Gasteiger partial charge in [-0.1, -0.05) is 39.3 Å². The van der Waals surface area contributed by atoms with E-state index >= 15 is 0 Å². The molecular formula is C48H74O18. The number of aliphatic hydroxyl groups is 6. The zero-order valence-electron chi connectivity index (χ0n) is 39.3. The highest BCUT2D eigenvalue weighted by Gasteiger charge is 2.69. The van der Waals surface area contributed by atoms with Crippen molar-refractivity contribution in [2.75, 3.05) is 19.8 Å². The lowest BCUT2D eigenvalue weighted by atomic mass is 9.47. The molecule has 0 amide bonds. The number of carbonyl (C=O) groups excluding carboxylic acids is 2. The van der Waals surface area contributed by atoms with Crippen molar-refractivity contribution >= 4 is 11.9 Å². The number of hydrogen-bond acceptors (Lipinski definition) is 18. The molecule has 25 atom stereocenters. The first-order chi connectivity index (χ1) is 31.2. The van der Waals surface area contributed by atoms with E-state index in [2.05, 4.69) is 33.8 Å². The molecule has 9 rings (SSSR count). The lowest BCUT2D eigenvalue weighted by Gasteiger charge is -2.58. The number of rotatable bonds is 10. The zero-order valence-corrected chi connectivity index (χ0v) is 39.3. The second-order valence-corrected chi connectivity index (χ2v) is 21.8. The van der Waals surface area contributed by atoms with Gasteiger partial charge in [-0.15, -0.1) is 0 Å². The number of hydrogen-bond donors (Lipinski definition) is 6. The molecule has 0 radical (unpaired) electrons. The fourth-order valence-electron chi connectivity index (χ4n) is 14.2. The lowest BCUT2D eigenvalue weighted by molar-refractivity contribution is -0.372. The van der Waals surface area contributed by atoms with Crippen LogP contribution in [0.15, 0.2) is 11.6 Å². The number of allylic oxidation sites excluding steroid dienone is 1. The highest BCUT2D eigenvalue weighted by atomic mass is 16.8. The van der Waals surface area contributed by atoms with Crippen LogP contribution in [0.5, 0.6) is 0 Å². The Labute approximate surface area is 386 Å². The maximum Gasteiger partial charge on any atom is 0.303 e. The Bertz CT molecular complexity index is 1790. The summed E-state index contributed by atoms with van der Waals surface area (Å²) in [6, 6.07) is 0. The first-order valence-electron chi connectivity index (χ1n) is 24.5. The van der Waals surface area contributed by atoms with E-state index in [0.29, 0.717) is 48.3 Å². The molecule has 0 aromatic heterocycles. The highest BCUT2D eigenvalue weighted by Crippen LogP contribution is 2.70. The average Bonchev–Trinajstić information content (AvgIpc) is 3.84. The van der Waals surface area contributed by atoms with Crippen LogP contribution in [0.2, 0.25) is 0 Å². The third kappa shape index (κ3) is 8.62. The molecule has 374 valence electrons. The van der Waals surface area contributed by atoms with E-state index in [1.165, 1.54) is 19.4 Å². The SMILES string of the molecule is CC(=O)OC[C@@H]1O[C@@H](OC[C@H]2O[C@@H](O[C@H]3CC[C@@]4(C)C(=CC[C@H]5[C@@H]6C[C@@H]7O[C@]8(CC[C@@H](C)CO8)[C@@H](C)[C@@H]7[C@@]6(C)CC[C@@H]54)C3)[C@H](O[C@@H]3O[C@@H](C)[C@H](O)[C@@H](O)[C@H]3O)[C@@H](O)[C@@H]2O)[C@H](OC(C)=O)[C@H]1O. The Balaban J connectivity index is 0.903. The fourth-order valence-corrected chi connectivity index (χ4v) is 14.2. The molecule has 3 saturated carbocycles. The Morgan fingerprint density at radius 3 is 2.20 bits per heavy atom. The molecule has 5 saturated heterocycles. The van der Waals surface area contributed by atoms with Crippen LogP contribution in [0, 0.1) is 46.3 Å². The first-order valence-corrected chi connectivity index (χ1v) is 24.5. The predicted octanol–water partition coefficient (Wildman–Crippen LogP) is 1.99. The van der Waals surface area contributed by atoms with Crippen LogP contribution in [0.3, 0.4) is 0 Å². The van der Waals surface area contributed by atoms with E-state index in [4.69, 9.17) is 47.4 Å². The minimum absolute atomic E-state index is 0.0433. The molecule has 0 bridgehead atoms. The summed E-state index contributed by atoms with van der Waals surface area (Å²) in [5.74, 6) is 1.20. The van der Waals surface area contributed by atoms with Gasteiger partial charge in [0.05, 0.1) is 31.5 Å². The summed E-state index contributed by atoms with van der Waals surface area (Å²) in [5, 5.41) is 66.0. The maximum atomic E-state index is 12.0. The van der Waals surface area contributed by atoms with Crippen LogP contribution in [-0.4, -0.2) is 166 Å². The lowest BCUT2D eigenvalue weighted by Crippen LogP contribution is -2.64. The van der Waals surface area contributed by atoms with E-state index in [0.717, 1.165) is 58.5 Å². The van der Waals surface area contributed by atoms with Gasteiger partial charge in [0.15, 0.2) is 30.8 Å². The number of ether oxygens (including phenoxy) is 10. The Morgan fingerprint density at radius 2 is 1.48 bits per heavy atom. The van der Waals surface area contributed by atoms with Gasteiger partial charge in [0.2, 0.25) is 0 Å². The summed E-state index contributed by atoms with van der Waals surface area (Å²) >= 11 is 0. The third-order valence-corrected chi connectivity index (χ3v) is 17.9. The Kier molecular flexibility index (Phi) is 13.9. The quantitative estimate of drug-likeness (QED) is 0.135. The van der Waals surface area contributed by atoms with Gasteiger partial charge < -0.3 is 78.0 Å². The molecule has 5 aliphatic heterocycles. The van der Waals surface area contributed by atoms with Crippen molar-refractivity contribution in [1.82, 2.24) is 0 Å². The second-order valence-electron chi connectivity index (χ2n) is 21.8. The summed E-state index contributed by atoms with van der Waals surface area (Å²) in [7, 11) is 0. The monoisotopic (exact) mass is 938 g/mol. The van der Waals surface area contributed by atoms with E-state index in [1.54, 1.807) is 0 Å². The summed E-state index contributed by atoms with van der Waals surface area (Å²) in [6.07, 6.45) is -9.04. The molecule has 1 spiro atoms. The van der Waals surface area contributed by atoms with Crippen LogP contribution in [-0.2, 0) is 57.0 Å². The Hall–Kier alpha value is -1.88. The molecule has 8 fully saturated rings. The van der Waals surface area contributed by atoms with E-state index in [9.17, 15) is 40.2 Å². The molecule has 18 heteroatoms. The molecule has 0 aromatic carbocycles. The normalized spacial score (nSPS) is 53.3. The average molecular weight is 939 g/mol. The van der Waals surface area contributed by atoms with Gasteiger partial charge in [0.25, 0.3) is 0 Å². The van der Waals surface area contributed by atoms with Crippen molar-refractivity contribution in [3.63, 3.8) is 0 Å².